The number of nitrogens with one attached hydrogen (secondary N) is 1. The molecule has 0 unspecified atom stereocenters. The van der Waals surface area contributed by atoms with Crippen LogP contribution in [-0.2, 0) is 12.0 Å². The van der Waals surface area contributed by atoms with Crippen molar-refractivity contribution in [2.45, 2.75) is 39.2 Å². The standard InChI is InChI=1S/C19H25NO/c1-5-19(2,3)16-9-11-17(12-10-16)21-18-8-6-7-15(13-18)14-20-4/h6-13,20H,5,14H2,1-4H3. The minimum absolute atomic E-state index is 0.214. The van der Waals surface area contributed by atoms with Crippen molar-refractivity contribution < 1.29 is 4.74 Å². The molecule has 0 radical (unpaired) electrons. The zero-order chi connectivity index (χ0) is 15.3. The van der Waals surface area contributed by atoms with Gasteiger partial charge >= 0.3 is 0 Å². The van der Waals surface area contributed by atoms with Gasteiger partial charge in [0.1, 0.15) is 11.5 Å². The number of hydrogen-bond donors (Lipinski definition) is 1. The highest BCUT2D eigenvalue weighted by Crippen LogP contribution is 2.29. The molecule has 1 N–H and O–H groups in total. The fourth-order valence-electron chi connectivity index (χ4n) is 2.24. The SMILES string of the molecule is CCC(C)(C)c1ccc(Oc2cccc(CNC)c2)cc1. The second-order valence-corrected chi connectivity index (χ2v) is 6.04. The number of rotatable bonds is 6. The summed E-state index contributed by atoms with van der Waals surface area (Å²) in [5.74, 6) is 1.76. The van der Waals surface area contributed by atoms with Crippen molar-refractivity contribution >= 4 is 0 Å². The summed E-state index contributed by atoms with van der Waals surface area (Å²) in [6, 6.07) is 16.6. The van der Waals surface area contributed by atoms with E-state index < -0.39 is 0 Å². The summed E-state index contributed by atoms with van der Waals surface area (Å²) in [4.78, 5) is 0. The lowest BCUT2D eigenvalue weighted by atomic mass is 9.82. The fraction of sp³-hybridized carbons (Fsp3) is 0.368. The molecule has 0 atom stereocenters. The Morgan fingerprint density at radius 2 is 1.71 bits per heavy atom. The smallest absolute Gasteiger partial charge is 0.127 e. The Morgan fingerprint density at radius 3 is 2.33 bits per heavy atom. The zero-order valence-electron chi connectivity index (χ0n) is 13.4. The third kappa shape index (κ3) is 4.08. The predicted molar refractivity (Wildman–Crippen MR) is 89.0 cm³/mol. The van der Waals surface area contributed by atoms with Crippen molar-refractivity contribution in [2.75, 3.05) is 7.05 Å². The highest BCUT2D eigenvalue weighted by atomic mass is 16.5. The van der Waals surface area contributed by atoms with E-state index in [1.54, 1.807) is 0 Å². The number of benzene rings is 2. The lowest BCUT2D eigenvalue weighted by Crippen LogP contribution is -2.14. The maximum absolute atomic E-state index is 5.94. The van der Waals surface area contributed by atoms with Gasteiger partial charge in [0.15, 0.2) is 0 Å². The molecule has 0 amide bonds. The van der Waals surface area contributed by atoms with E-state index >= 15 is 0 Å². The number of ether oxygens (including phenoxy) is 1. The molecule has 2 heteroatoms. The fourth-order valence-corrected chi connectivity index (χ4v) is 2.24. The van der Waals surface area contributed by atoms with Gasteiger partial charge in [-0.2, -0.15) is 0 Å². The van der Waals surface area contributed by atoms with Crippen molar-refractivity contribution in [1.29, 1.82) is 0 Å². The molecule has 0 aliphatic heterocycles. The molecule has 0 saturated carbocycles. The first-order valence-electron chi connectivity index (χ1n) is 7.57. The Bertz CT molecular complexity index is 572. The van der Waals surface area contributed by atoms with Crippen LogP contribution >= 0.6 is 0 Å². The van der Waals surface area contributed by atoms with Gasteiger partial charge in [-0.05, 0) is 54.3 Å². The lowest BCUT2D eigenvalue weighted by molar-refractivity contribution is 0.477. The van der Waals surface area contributed by atoms with Crippen LogP contribution in [0.2, 0.25) is 0 Å². The van der Waals surface area contributed by atoms with Crippen molar-refractivity contribution in [3.05, 3.63) is 59.7 Å². The van der Waals surface area contributed by atoms with Crippen LogP contribution in [0, 0.1) is 0 Å². The second-order valence-electron chi connectivity index (χ2n) is 6.04. The molecule has 2 rings (SSSR count). The topological polar surface area (TPSA) is 21.3 Å². The molecule has 0 bridgehead atoms. The first-order chi connectivity index (χ1) is 10.0. The van der Waals surface area contributed by atoms with Crippen LogP contribution in [0.25, 0.3) is 0 Å². The van der Waals surface area contributed by atoms with Crippen LogP contribution in [0.5, 0.6) is 11.5 Å². The summed E-state index contributed by atoms with van der Waals surface area (Å²) >= 11 is 0. The van der Waals surface area contributed by atoms with Crippen LogP contribution in [0.1, 0.15) is 38.3 Å². The van der Waals surface area contributed by atoms with E-state index in [4.69, 9.17) is 4.74 Å². The first-order valence-corrected chi connectivity index (χ1v) is 7.57. The molecule has 0 aliphatic carbocycles. The number of hydrogen-bond acceptors (Lipinski definition) is 2. The Morgan fingerprint density at radius 1 is 1.00 bits per heavy atom. The molecule has 112 valence electrons. The molecule has 2 aromatic carbocycles. The van der Waals surface area contributed by atoms with Gasteiger partial charge in [0.2, 0.25) is 0 Å². The highest BCUT2D eigenvalue weighted by Gasteiger charge is 2.17. The van der Waals surface area contributed by atoms with Gasteiger partial charge in [-0.1, -0.05) is 45.0 Å². The van der Waals surface area contributed by atoms with E-state index in [1.165, 1.54) is 11.1 Å². The van der Waals surface area contributed by atoms with Crippen LogP contribution < -0.4 is 10.1 Å². The Hall–Kier alpha value is -1.80. The van der Waals surface area contributed by atoms with Gasteiger partial charge in [-0.25, -0.2) is 0 Å². The van der Waals surface area contributed by atoms with Gasteiger partial charge in [-0.15, -0.1) is 0 Å². The maximum atomic E-state index is 5.94. The summed E-state index contributed by atoms with van der Waals surface area (Å²) in [5.41, 5.74) is 2.78. The predicted octanol–water partition coefficient (Wildman–Crippen LogP) is 4.89. The van der Waals surface area contributed by atoms with Crippen LogP contribution in [0.15, 0.2) is 48.5 Å². The summed E-state index contributed by atoms with van der Waals surface area (Å²) in [5, 5.41) is 3.15. The lowest BCUT2D eigenvalue weighted by Gasteiger charge is -2.23. The third-order valence-electron chi connectivity index (χ3n) is 4.03. The minimum atomic E-state index is 0.214. The van der Waals surface area contributed by atoms with E-state index in [-0.39, 0.29) is 5.41 Å². The van der Waals surface area contributed by atoms with Crippen LogP contribution in [0.4, 0.5) is 0 Å². The van der Waals surface area contributed by atoms with Crippen molar-refractivity contribution in [1.82, 2.24) is 5.32 Å². The quantitative estimate of drug-likeness (QED) is 0.815. The van der Waals surface area contributed by atoms with Gasteiger partial charge in [0, 0.05) is 6.54 Å². The highest BCUT2D eigenvalue weighted by molar-refractivity contribution is 5.36. The summed E-state index contributed by atoms with van der Waals surface area (Å²) in [7, 11) is 1.95. The van der Waals surface area contributed by atoms with E-state index in [9.17, 15) is 0 Å². The molecule has 0 spiro atoms. The molecular weight excluding hydrogens is 258 g/mol. The molecule has 0 aromatic heterocycles. The molecule has 2 nitrogen and oxygen atoms in total. The van der Waals surface area contributed by atoms with Crippen LogP contribution in [0.3, 0.4) is 0 Å². The molecule has 2 aromatic rings. The summed E-state index contributed by atoms with van der Waals surface area (Å²) in [6.07, 6.45) is 1.12. The van der Waals surface area contributed by atoms with Gasteiger partial charge in [-0.3, -0.25) is 0 Å². The Kier molecular flexibility index (Phi) is 5.03. The van der Waals surface area contributed by atoms with E-state index in [2.05, 4.69) is 62.5 Å². The monoisotopic (exact) mass is 283 g/mol. The Labute approximate surface area is 128 Å². The minimum Gasteiger partial charge on any atom is -0.457 e. The van der Waals surface area contributed by atoms with E-state index in [0.717, 1.165) is 24.5 Å². The molecule has 0 fully saturated rings. The van der Waals surface area contributed by atoms with Crippen molar-refractivity contribution in [2.24, 2.45) is 0 Å². The van der Waals surface area contributed by atoms with E-state index in [1.807, 2.05) is 19.2 Å². The summed E-state index contributed by atoms with van der Waals surface area (Å²) in [6.45, 7) is 7.60. The third-order valence-corrected chi connectivity index (χ3v) is 4.03. The van der Waals surface area contributed by atoms with Gasteiger partial charge < -0.3 is 10.1 Å². The molecular formula is C19H25NO. The maximum Gasteiger partial charge on any atom is 0.127 e. The Balaban J connectivity index is 2.11. The van der Waals surface area contributed by atoms with Gasteiger partial charge in [0.25, 0.3) is 0 Å². The first kappa shape index (κ1) is 15.6. The average molecular weight is 283 g/mol. The van der Waals surface area contributed by atoms with Crippen molar-refractivity contribution in [3.8, 4) is 11.5 Å². The molecule has 0 aliphatic rings. The molecule has 21 heavy (non-hydrogen) atoms. The summed E-state index contributed by atoms with van der Waals surface area (Å²) < 4.78 is 5.94. The molecule has 0 saturated heterocycles. The van der Waals surface area contributed by atoms with Crippen LogP contribution in [-0.4, -0.2) is 7.05 Å². The van der Waals surface area contributed by atoms with Crippen molar-refractivity contribution in [3.63, 3.8) is 0 Å². The molecule has 0 heterocycles. The normalized spacial score (nSPS) is 11.4. The zero-order valence-corrected chi connectivity index (χ0v) is 13.4. The second kappa shape index (κ2) is 6.77. The largest absolute Gasteiger partial charge is 0.457 e. The average Bonchev–Trinajstić information content (AvgIpc) is 2.48. The van der Waals surface area contributed by atoms with E-state index in [0.29, 0.717) is 0 Å². The van der Waals surface area contributed by atoms with Gasteiger partial charge in [0.05, 0.1) is 0 Å².